The first-order valence-electron chi connectivity index (χ1n) is 7.91. The second kappa shape index (κ2) is 7.69. The van der Waals surface area contributed by atoms with Crippen LogP contribution in [0.1, 0.15) is 16.8 Å². The van der Waals surface area contributed by atoms with Gasteiger partial charge in [0.15, 0.2) is 0 Å². The van der Waals surface area contributed by atoms with Gasteiger partial charge in [0.1, 0.15) is 18.2 Å². The normalized spacial score (nSPS) is 10.5. The predicted octanol–water partition coefficient (Wildman–Crippen LogP) is 4.01. The number of hydrogen-bond acceptors (Lipinski definition) is 4. The van der Waals surface area contributed by atoms with Gasteiger partial charge in [-0.3, -0.25) is 4.68 Å². The van der Waals surface area contributed by atoms with Crippen molar-refractivity contribution < 1.29 is 23.8 Å². The molecule has 1 N–H and O–H groups in total. The summed E-state index contributed by atoms with van der Waals surface area (Å²) >= 11 is 0. The molecular weight excluding hydrogens is 339 g/mol. The van der Waals surface area contributed by atoms with Crippen LogP contribution in [-0.4, -0.2) is 21.0 Å². The van der Waals surface area contributed by atoms with Crippen LogP contribution in [0.2, 0.25) is 0 Å². The van der Waals surface area contributed by atoms with Crippen molar-refractivity contribution in [1.29, 1.82) is 0 Å². The summed E-state index contributed by atoms with van der Waals surface area (Å²) < 4.78 is 25.6. The molecule has 6 nitrogen and oxygen atoms in total. The van der Waals surface area contributed by atoms with E-state index in [1.54, 1.807) is 13.0 Å². The topological polar surface area (TPSA) is 73.6 Å². The predicted molar refractivity (Wildman–Crippen MR) is 91.9 cm³/mol. The van der Waals surface area contributed by atoms with Crippen LogP contribution in [0.3, 0.4) is 0 Å². The first-order valence-corrected chi connectivity index (χ1v) is 7.91. The molecule has 0 radical (unpaired) electrons. The first-order chi connectivity index (χ1) is 12.5. The van der Waals surface area contributed by atoms with Gasteiger partial charge in [0.2, 0.25) is 5.88 Å². The van der Waals surface area contributed by atoms with Crippen molar-refractivity contribution in [3.8, 4) is 11.6 Å². The Hall–Kier alpha value is -3.35. The lowest BCUT2D eigenvalue weighted by Crippen LogP contribution is -2.08. The van der Waals surface area contributed by atoms with Gasteiger partial charge in [0, 0.05) is 17.3 Å². The molecule has 3 rings (SSSR count). The highest BCUT2D eigenvalue weighted by molar-refractivity contribution is 5.60. The lowest BCUT2D eigenvalue weighted by molar-refractivity contribution is 0.142. The van der Waals surface area contributed by atoms with Gasteiger partial charge in [0.05, 0.1) is 6.54 Å². The monoisotopic (exact) mass is 356 g/mol. The first kappa shape index (κ1) is 17.5. The van der Waals surface area contributed by atoms with Crippen molar-refractivity contribution in [3.63, 3.8) is 0 Å². The highest BCUT2D eigenvalue weighted by Crippen LogP contribution is 2.23. The van der Waals surface area contributed by atoms with Crippen LogP contribution in [-0.2, 0) is 13.2 Å². The fraction of sp³-hybridized carbons (Fsp3) is 0.158. The third-order valence-corrected chi connectivity index (χ3v) is 3.73. The van der Waals surface area contributed by atoms with E-state index in [0.717, 1.165) is 5.56 Å². The summed E-state index contributed by atoms with van der Waals surface area (Å²) in [5, 5.41) is 12.7. The maximum atomic E-state index is 13.7. The quantitative estimate of drug-likeness (QED) is 0.676. The van der Waals surface area contributed by atoms with Crippen LogP contribution in [0.5, 0.6) is 11.6 Å². The van der Waals surface area contributed by atoms with Crippen molar-refractivity contribution in [2.24, 2.45) is 0 Å². The number of rotatable bonds is 6. The Kier molecular flexibility index (Phi) is 5.17. The van der Waals surface area contributed by atoms with Crippen molar-refractivity contribution in [2.75, 3.05) is 0 Å². The molecule has 7 heteroatoms. The van der Waals surface area contributed by atoms with E-state index in [-0.39, 0.29) is 18.2 Å². The standard InChI is InChI=1S/C19H17FN2O4/c1-13-9-18(26-19(23)24)21-22(13)11-15-10-16(20)7-8-17(15)25-12-14-5-3-2-4-6-14/h2-10H,11-12H2,1H3,(H,23,24). The van der Waals surface area contributed by atoms with Crippen molar-refractivity contribution in [3.05, 3.63) is 77.2 Å². The largest absolute Gasteiger partial charge is 0.512 e. The van der Waals surface area contributed by atoms with Gasteiger partial charge in [-0.05, 0) is 30.7 Å². The number of carboxylic acid groups (broad SMARTS) is 1. The smallest absolute Gasteiger partial charge is 0.489 e. The molecule has 0 amide bonds. The molecule has 0 atom stereocenters. The molecule has 0 fully saturated rings. The Bertz CT molecular complexity index is 909. The molecule has 0 spiro atoms. The SMILES string of the molecule is Cc1cc(OC(=O)O)nn1Cc1cc(F)ccc1OCc1ccccc1. The van der Waals surface area contributed by atoms with Crippen LogP contribution in [0, 0.1) is 12.7 Å². The number of hydrogen-bond donors (Lipinski definition) is 1. The van der Waals surface area contributed by atoms with Gasteiger partial charge in [-0.2, -0.15) is 0 Å². The molecule has 0 aliphatic carbocycles. The second-order valence-corrected chi connectivity index (χ2v) is 5.68. The van der Waals surface area contributed by atoms with Gasteiger partial charge >= 0.3 is 6.16 Å². The number of halogens is 1. The zero-order chi connectivity index (χ0) is 18.5. The lowest BCUT2D eigenvalue weighted by Gasteiger charge is -2.13. The molecule has 26 heavy (non-hydrogen) atoms. The van der Waals surface area contributed by atoms with Gasteiger partial charge in [-0.1, -0.05) is 30.3 Å². The maximum absolute atomic E-state index is 13.7. The van der Waals surface area contributed by atoms with Crippen LogP contribution in [0.4, 0.5) is 9.18 Å². The Labute approximate surface area is 149 Å². The minimum Gasteiger partial charge on any atom is -0.489 e. The highest BCUT2D eigenvalue weighted by Gasteiger charge is 2.12. The van der Waals surface area contributed by atoms with E-state index >= 15 is 0 Å². The van der Waals surface area contributed by atoms with E-state index in [9.17, 15) is 9.18 Å². The van der Waals surface area contributed by atoms with Gasteiger partial charge in [-0.15, -0.1) is 5.10 Å². The van der Waals surface area contributed by atoms with Gasteiger partial charge < -0.3 is 14.6 Å². The van der Waals surface area contributed by atoms with Crippen LogP contribution in [0.25, 0.3) is 0 Å². The zero-order valence-corrected chi connectivity index (χ0v) is 14.1. The third-order valence-electron chi connectivity index (χ3n) is 3.73. The van der Waals surface area contributed by atoms with Crippen molar-refractivity contribution >= 4 is 6.16 Å². The van der Waals surface area contributed by atoms with E-state index in [1.165, 1.54) is 22.9 Å². The molecule has 3 aromatic rings. The summed E-state index contributed by atoms with van der Waals surface area (Å²) in [7, 11) is 0. The summed E-state index contributed by atoms with van der Waals surface area (Å²) in [6.07, 6.45) is -1.44. The third kappa shape index (κ3) is 4.38. The molecular formula is C19H17FN2O4. The number of carbonyl (C=O) groups is 1. The van der Waals surface area contributed by atoms with Crippen molar-refractivity contribution in [1.82, 2.24) is 9.78 Å². The molecule has 0 aliphatic rings. The molecule has 134 valence electrons. The van der Waals surface area contributed by atoms with Gasteiger partial charge in [-0.25, -0.2) is 9.18 Å². The molecule has 0 unspecified atom stereocenters. The van der Waals surface area contributed by atoms with E-state index < -0.39 is 6.16 Å². The van der Waals surface area contributed by atoms with E-state index in [2.05, 4.69) is 9.84 Å². The zero-order valence-electron chi connectivity index (χ0n) is 14.1. The minimum absolute atomic E-state index is 0.0295. The summed E-state index contributed by atoms with van der Waals surface area (Å²) in [5.74, 6) is 0.114. The van der Waals surface area contributed by atoms with E-state index in [1.807, 2.05) is 30.3 Å². The second-order valence-electron chi connectivity index (χ2n) is 5.68. The molecule has 1 aromatic heterocycles. The maximum Gasteiger partial charge on any atom is 0.512 e. The van der Waals surface area contributed by atoms with E-state index in [0.29, 0.717) is 23.6 Å². The summed E-state index contributed by atoms with van der Waals surface area (Å²) in [6.45, 7) is 2.33. The van der Waals surface area contributed by atoms with Crippen LogP contribution >= 0.6 is 0 Å². The molecule has 0 saturated carbocycles. The summed E-state index contributed by atoms with van der Waals surface area (Å²) in [5.41, 5.74) is 2.27. The number of nitrogens with zero attached hydrogens (tertiary/aromatic N) is 2. The van der Waals surface area contributed by atoms with Crippen molar-refractivity contribution in [2.45, 2.75) is 20.1 Å². The number of ether oxygens (including phenoxy) is 2. The number of aryl methyl sites for hydroxylation is 1. The fourth-order valence-corrected chi connectivity index (χ4v) is 2.49. The molecule has 0 bridgehead atoms. The average molecular weight is 356 g/mol. The Morgan fingerprint density at radius 1 is 1.19 bits per heavy atom. The Morgan fingerprint density at radius 3 is 2.69 bits per heavy atom. The molecule has 1 heterocycles. The number of aromatic nitrogens is 2. The Balaban J connectivity index is 1.80. The molecule has 0 aliphatic heterocycles. The van der Waals surface area contributed by atoms with E-state index in [4.69, 9.17) is 9.84 Å². The summed E-state index contributed by atoms with van der Waals surface area (Å²) in [4.78, 5) is 10.6. The minimum atomic E-state index is -1.44. The lowest BCUT2D eigenvalue weighted by atomic mass is 10.2. The van der Waals surface area contributed by atoms with Crippen LogP contribution in [0.15, 0.2) is 54.6 Å². The highest BCUT2D eigenvalue weighted by atomic mass is 19.1. The van der Waals surface area contributed by atoms with Crippen LogP contribution < -0.4 is 9.47 Å². The fourth-order valence-electron chi connectivity index (χ4n) is 2.49. The molecule has 2 aromatic carbocycles. The number of benzene rings is 2. The average Bonchev–Trinajstić information content (AvgIpc) is 2.93. The Morgan fingerprint density at radius 2 is 1.96 bits per heavy atom. The van der Waals surface area contributed by atoms with Gasteiger partial charge in [0.25, 0.3) is 0 Å². The summed E-state index contributed by atoms with van der Waals surface area (Å²) in [6, 6.07) is 15.4. The molecule has 0 saturated heterocycles.